The zero-order valence-electron chi connectivity index (χ0n) is 17.3. The van der Waals surface area contributed by atoms with Crippen molar-refractivity contribution in [3.05, 3.63) is 47.3 Å². The molecule has 1 aliphatic rings. The molecule has 0 spiro atoms. The van der Waals surface area contributed by atoms with Crippen LogP contribution in [-0.2, 0) is 0 Å². The van der Waals surface area contributed by atoms with Gasteiger partial charge in [-0.3, -0.25) is 10.2 Å². The summed E-state index contributed by atoms with van der Waals surface area (Å²) in [4.78, 5) is 2.12. The Hall–Kier alpha value is -3.13. The Morgan fingerprint density at radius 3 is 2.69 bits per heavy atom. The van der Waals surface area contributed by atoms with Gasteiger partial charge in [0.05, 0.1) is 17.6 Å². The van der Waals surface area contributed by atoms with Crippen LogP contribution in [0.15, 0.2) is 36.2 Å². The summed E-state index contributed by atoms with van der Waals surface area (Å²) in [5.41, 5.74) is 1.80. The third-order valence-corrected chi connectivity index (χ3v) is 4.77. The van der Waals surface area contributed by atoms with E-state index in [0.717, 1.165) is 52.9 Å². The standard InChI is InChI=1S/C21H27N7O/c1-5-22-13-27-16-9-7-8-10-17(16)29-18(27)12-11-15-19(23-6-2)26-28-20(14(3)4)24-25-21(15)28/h7-12,14,22H,5-6,13H2,1-4H3,(H,23,26)/b15-11+,18-12-. The smallest absolute Gasteiger partial charge is 0.201 e. The van der Waals surface area contributed by atoms with Crippen molar-refractivity contribution in [1.29, 1.82) is 0 Å². The van der Waals surface area contributed by atoms with Crippen LogP contribution in [0.2, 0.25) is 0 Å². The van der Waals surface area contributed by atoms with E-state index < -0.39 is 0 Å². The zero-order valence-corrected chi connectivity index (χ0v) is 17.3. The lowest BCUT2D eigenvalue weighted by Gasteiger charge is -2.18. The molecule has 2 aromatic heterocycles. The monoisotopic (exact) mass is 393 g/mol. The van der Waals surface area contributed by atoms with Crippen molar-refractivity contribution in [2.45, 2.75) is 33.6 Å². The summed E-state index contributed by atoms with van der Waals surface area (Å²) in [6, 6.07) is 8.04. The Labute approximate surface area is 170 Å². The first kappa shape index (κ1) is 19.2. The molecule has 3 aromatic rings. The number of nitrogens with zero attached hydrogens (tertiary/aromatic N) is 5. The number of hydrogen-bond donors (Lipinski definition) is 2. The highest BCUT2D eigenvalue weighted by Crippen LogP contribution is 2.38. The van der Waals surface area contributed by atoms with E-state index in [2.05, 4.69) is 59.5 Å². The van der Waals surface area contributed by atoms with Crippen LogP contribution in [0.5, 0.6) is 5.75 Å². The molecule has 0 unspecified atom stereocenters. The minimum Gasteiger partial charge on any atom is -0.439 e. The summed E-state index contributed by atoms with van der Waals surface area (Å²) in [7, 11) is 0. The first-order chi connectivity index (χ1) is 14.1. The second kappa shape index (κ2) is 8.08. The van der Waals surface area contributed by atoms with E-state index in [0.29, 0.717) is 6.67 Å². The van der Waals surface area contributed by atoms with Gasteiger partial charge in [-0.2, -0.15) is 4.52 Å². The predicted octanol–water partition coefficient (Wildman–Crippen LogP) is 2.49. The summed E-state index contributed by atoms with van der Waals surface area (Å²) in [5, 5.41) is 21.0. The molecule has 0 bridgehead atoms. The number of hydrogen-bond acceptors (Lipinski definition) is 7. The summed E-state index contributed by atoms with van der Waals surface area (Å²) in [6.07, 6.45) is 3.97. The molecule has 0 saturated heterocycles. The summed E-state index contributed by atoms with van der Waals surface area (Å²) in [6.45, 7) is 10.6. The maximum absolute atomic E-state index is 6.10. The number of benzene rings is 1. The lowest BCUT2D eigenvalue weighted by molar-refractivity contribution is 0.435. The van der Waals surface area contributed by atoms with Gasteiger partial charge in [-0.05, 0) is 37.8 Å². The zero-order chi connectivity index (χ0) is 20.4. The van der Waals surface area contributed by atoms with Gasteiger partial charge in [0.25, 0.3) is 0 Å². The lowest BCUT2D eigenvalue weighted by atomic mass is 10.2. The molecule has 0 radical (unpaired) electrons. The van der Waals surface area contributed by atoms with Crippen molar-refractivity contribution in [3.63, 3.8) is 0 Å². The highest BCUT2D eigenvalue weighted by molar-refractivity contribution is 5.68. The van der Waals surface area contributed by atoms with E-state index >= 15 is 0 Å². The van der Waals surface area contributed by atoms with Crippen LogP contribution in [-0.4, -0.2) is 39.6 Å². The van der Waals surface area contributed by atoms with Gasteiger partial charge in [-0.15, -0.1) is 15.3 Å². The van der Waals surface area contributed by atoms with E-state index in [1.165, 1.54) is 0 Å². The summed E-state index contributed by atoms with van der Waals surface area (Å²) < 4.78 is 7.93. The first-order valence-corrected chi connectivity index (χ1v) is 10.1. The average Bonchev–Trinajstić information content (AvgIpc) is 3.36. The molecule has 4 rings (SSSR count). The topological polar surface area (TPSA) is 79.6 Å². The normalized spacial score (nSPS) is 15.6. The fourth-order valence-corrected chi connectivity index (χ4v) is 3.35. The highest BCUT2D eigenvalue weighted by atomic mass is 16.5. The number of anilines is 2. The van der Waals surface area contributed by atoms with E-state index in [9.17, 15) is 0 Å². The Balaban J connectivity index is 1.78. The Morgan fingerprint density at radius 2 is 1.93 bits per heavy atom. The number of aromatic nitrogens is 4. The Bertz CT molecular complexity index is 1090. The van der Waals surface area contributed by atoms with Gasteiger partial charge in [0.15, 0.2) is 23.0 Å². The van der Waals surface area contributed by atoms with Crippen LogP contribution in [0.25, 0.3) is 11.7 Å². The second-order valence-electron chi connectivity index (χ2n) is 7.17. The fourth-order valence-electron chi connectivity index (χ4n) is 3.35. The van der Waals surface area contributed by atoms with Crippen molar-refractivity contribution in [2.24, 2.45) is 0 Å². The second-order valence-corrected chi connectivity index (χ2v) is 7.17. The van der Waals surface area contributed by atoms with Crippen LogP contribution in [0.4, 0.5) is 11.5 Å². The van der Waals surface area contributed by atoms with Crippen molar-refractivity contribution >= 4 is 23.2 Å². The number of para-hydroxylation sites is 2. The predicted molar refractivity (Wildman–Crippen MR) is 115 cm³/mol. The number of fused-ring (bicyclic) bond motifs is 2. The van der Waals surface area contributed by atoms with E-state index in [1.54, 1.807) is 0 Å². The van der Waals surface area contributed by atoms with Crippen LogP contribution < -0.4 is 25.5 Å². The third kappa shape index (κ3) is 3.51. The van der Waals surface area contributed by atoms with Crippen molar-refractivity contribution < 1.29 is 4.74 Å². The van der Waals surface area contributed by atoms with Crippen LogP contribution in [0.1, 0.15) is 39.4 Å². The SMILES string of the molecule is CCNCN1/C(=C/C=c2\c(NCC)nn3c(C(C)C)nnc23)Oc2ccccc21. The molecule has 0 saturated carbocycles. The average molecular weight is 393 g/mol. The van der Waals surface area contributed by atoms with Gasteiger partial charge in [-0.25, -0.2) is 0 Å². The molecule has 1 aliphatic heterocycles. The van der Waals surface area contributed by atoms with Gasteiger partial charge < -0.3 is 10.1 Å². The molecule has 29 heavy (non-hydrogen) atoms. The van der Waals surface area contributed by atoms with E-state index in [1.807, 2.05) is 34.9 Å². The van der Waals surface area contributed by atoms with Gasteiger partial charge in [0.2, 0.25) is 5.88 Å². The summed E-state index contributed by atoms with van der Waals surface area (Å²) >= 11 is 0. The van der Waals surface area contributed by atoms with E-state index in [4.69, 9.17) is 9.84 Å². The van der Waals surface area contributed by atoms with Crippen molar-refractivity contribution in [2.75, 3.05) is 30.0 Å². The molecule has 0 amide bonds. The van der Waals surface area contributed by atoms with Crippen LogP contribution in [0.3, 0.4) is 0 Å². The van der Waals surface area contributed by atoms with Gasteiger partial charge in [0, 0.05) is 12.5 Å². The van der Waals surface area contributed by atoms with Gasteiger partial charge in [-0.1, -0.05) is 32.9 Å². The molecular formula is C21H27N7O. The first-order valence-electron chi connectivity index (χ1n) is 10.1. The largest absolute Gasteiger partial charge is 0.439 e. The maximum Gasteiger partial charge on any atom is 0.201 e. The molecule has 8 heteroatoms. The minimum atomic E-state index is 0.240. The maximum atomic E-state index is 6.10. The highest BCUT2D eigenvalue weighted by Gasteiger charge is 2.25. The molecule has 0 aliphatic carbocycles. The number of nitrogens with one attached hydrogen (secondary N) is 2. The van der Waals surface area contributed by atoms with Crippen LogP contribution in [0, 0.1) is 0 Å². The van der Waals surface area contributed by atoms with Gasteiger partial charge >= 0.3 is 0 Å². The third-order valence-electron chi connectivity index (χ3n) is 4.77. The summed E-state index contributed by atoms with van der Waals surface area (Å²) in [5.74, 6) is 3.50. The molecule has 2 N–H and O–H groups in total. The molecular weight excluding hydrogens is 366 g/mol. The Kier molecular flexibility index (Phi) is 5.35. The molecule has 3 heterocycles. The number of rotatable bonds is 7. The molecule has 1 aromatic carbocycles. The Morgan fingerprint density at radius 1 is 1.10 bits per heavy atom. The quantitative estimate of drug-likeness (QED) is 0.638. The van der Waals surface area contributed by atoms with Crippen molar-refractivity contribution in [3.8, 4) is 5.75 Å². The molecule has 152 valence electrons. The van der Waals surface area contributed by atoms with Crippen LogP contribution >= 0.6 is 0 Å². The van der Waals surface area contributed by atoms with E-state index in [-0.39, 0.29) is 5.92 Å². The van der Waals surface area contributed by atoms with Crippen molar-refractivity contribution in [1.82, 2.24) is 25.1 Å². The minimum absolute atomic E-state index is 0.240. The fraction of sp³-hybridized carbons (Fsp3) is 0.381. The lowest BCUT2D eigenvalue weighted by Crippen LogP contribution is -2.32. The number of allylic oxidation sites excluding steroid dienone is 1. The molecule has 8 nitrogen and oxygen atoms in total. The van der Waals surface area contributed by atoms with Gasteiger partial charge in [0.1, 0.15) is 0 Å². The molecule has 0 fully saturated rings. The molecule has 0 atom stereocenters. The number of ether oxygens (including phenoxy) is 1.